The van der Waals surface area contributed by atoms with Crippen LogP contribution in [0.2, 0.25) is 0 Å². The molecule has 6 nitrogen and oxygen atoms in total. The first-order chi connectivity index (χ1) is 8.94. The molecule has 0 spiro atoms. The van der Waals surface area contributed by atoms with E-state index in [-0.39, 0.29) is 18.0 Å². The Morgan fingerprint density at radius 3 is 2.58 bits per heavy atom. The van der Waals surface area contributed by atoms with Crippen LogP contribution in [0.25, 0.3) is 0 Å². The van der Waals surface area contributed by atoms with Crippen molar-refractivity contribution in [1.82, 2.24) is 4.72 Å². The summed E-state index contributed by atoms with van der Waals surface area (Å²) in [6.07, 6.45) is 0.595. The zero-order valence-electron chi connectivity index (χ0n) is 11.5. The van der Waals surface area contributed by atoms with E-state index in [1.54, 1.807) is 13.8 Å². The van der Waals surface area contributed by atoms with E-state index in [1.165, 1.54) is 0 Å². The summed E-state index contributed by atoms with van der Waals surface area (Å²) in [4.78, 5) is 0.0453. The molecule has 0 saturated carbocycles. The molecule has 0 amide bonds. The topological polar surface area (TPSA) is 88.8 Å². The Labute approximate surface area is 113 Å². The summed E-state index contributed by atoms with van der Waals surface area (Å²) in [6.45, 7) is 6.13. The van der Waals surface area contributed by atoms with Crippen molar-refractivity contribution in [3.05, 3.63) is 17.1 Å². The molecule has 1 aromatic rings. The lowest BCUT2D eigenvalue weighted by atomic mass is 10.2. The Bertz CT molecular complexity index is 506. The number of aryl methyl sites for hydroxylation is 2. The predicted octanol–water partition coefficient (Wildman–Crippen LogP) is 1.09. The Morgan fingerprint density at radius 1 is 1.32 bits per heavy atom. The van der Waals surface area contributed by atoms with Gasteiger partial charge in [-0.1, -0.05) is 0 Å². The van der Waals surface area contributed by atoms with Gasteiger partial charge < -0.3 is 14.3 Å². The number of aliphatic hydroxyl groups is 1. The molecule has 0 aliphatic rings. The summed E-state index contributed by atoms with van der Waals surface area (Å²) < 4.78 is 37.2. The molecule has 0 radical (unpaired) electrons. The van der Waals surface area contributed by atoms with Gasteiger partial charge in [0, 0.05) is 25.3 Å². The average Bonchev–Trinajstić information content (AvgIpc) is 2.63. The van der Waals surface area contributed by atoms with Gasteiger partial charge in [0.1, 0.15) is 16.4 Å². The van der Waals surface area contributed by atoms with E-state index in [4.69, 9.17) is 9.15 Å². The third-order valence-corrected chi connectivity index (χ3v) is 4.37. The van der Waals surface area contributed by atoms with Crippen LogP contribution in [0.15, 0.2) is 9.31 Å². The second-order valence-electron chi connectivity index (χ2n) is 4.13. The normalized spacial score (nSPS) is 12.0. The van der Waals surface area contributed by atoms with E-state index >= 15 is 0 Å². The van der Waals surface area contributed by atoms with Gasteiger partial charge in [-0.15, -0.1) is 0 Å². The largest absolute Gasteiger partial charge is 0.465 e. The quantitative estimate of drug-likeness (QED) is 0.700. The standard InChI is InChI=1S/C12H21NO5S/c1-4-17-7-5-6-13-19(15,16)12-10(3)18-9(2)11(12)8-14/h13-14H,4-8H2,1-3H3. The first-order valence-electron chi connectivity index (χ1n) is 6.21. The first kappa shape index (κ1) is 16.2. The van der Waals surface area contributed by atoms with Gasteiger partial charge in [-0.05, 0) is 27.2 Å². The number of rotatable bonds is 8. The SMILES string of the molecule is CCOCCCNS(=O)(=O)c1c(C)oc(C)c1CO. The van der Waals surface area contributed by atoms with Gasteiger partial charge in [-0.3, -0.25) is 0 Å². The van der Waals surface area contributed by atoms with Gasteiger partial charge in [0.15, 0.2) is 0 Å². The zero-order chi connectivity index (χ0) is 14.5. The summed E-state index contributed by atoms with van der Waals surface area (Å²) in [6, 6.07) is 0. The number of furan rings is 1. The fourth-order valence-corrected chi connectivity index (χ4v) is 3.35. The van der Waals surface area contributed by atoms with Crippen LogP contribution in [-0.2, 0) is 21.4 Å². The van der Waals surface area contributed by atoms with Crippen molar-refractivity contribution >= 4 is 10.0 Å². The van der Waals surface area contributed by atoms with Crippen LogP contribution in [0, 0.1) is 13.8 Å². The lowest BCUT2D eigenvalue weighted by Crippen LogP contribution is -2.26. The number of ether oxygens (including phenoxy) is 1. The molecule has 0 aliphatic carbocycles. The highest BCUT2D eigenvalue weighted by molar-refractivity contribution is 7.89. The van der Waals surface area contributed by atoms with Crippen molar-refractivity contribution in [3.8, 4) is 0 Å². The van der Waals surface area contributed by atoms with Gasteiger partial charge in [0.05, 0.1) is 6.61 Å². The molecule has 1 rings (SSSR count). The van der Waals surface area contributed by atoms with E-state index in [9.17, 15) is 13.5 Å². The van der Waals surface area contributed by atoms with Gasteiger partial charge in [0.25, 0.3) is 0 Å². The molecule has 1 heterocycles. The van der Waals surface area contributed by atoms with Gasteiger partial charge in [-0.25, -0.2) is 13.1 Å². The van der Waals surface area contributed by atoms with E-state index in [1.807, 2.05) is 6.92 Å². The van der Waals surface area contributed by atoms with Crippen molar-refractivity contribution in [3.63, 3.8) is 0 Å². The lowest BCUT2D eigenvalue weighted by Gasteiger charge is -2.07. The Morgan fingerprint density at radius 2 is 2.00 bits per heavy atom. The molecule has 2 N–H and O–H groups in total. The van der Waals surface area contributed by atoms with Gasteiger partial charge >= 0.3 is 0 Å². The van der Waals surface area contributed by atoms with Crippen molar-refractivity contribution in [2.75, 3.05) is 19.8 Å². The fourth-order valence-electron chi connectivity index (χ4n) is 1.84. The van der Waals surface area contributed by atoms with Crippen LogP contribution >= 0.6 is 0 Å². The van der Waals surface area contributed by atoms with E-state index < -0.39 is 10.0 Å². The Hall–Kier alpha value is -0.890. The highest BCUT2D eigenvalue weighted by Gasteiger charge is 2.25. The average molecular weight is 291 g/mol. The molecule has 1 aromatic heterocycles. The maximum Gasteiger partial charge on any atom is 0.244 e. The number of hydrogen-bond donors (Lipinski definition) is 2. The highest BCUT2D eigenvalue weighted by Crippen LogP contribution is 2.26. The Balaban J connectivity index is 2.77. The van der Waals surface area contributed by atoms with Crippen molar-refractivity contribution in [1.29, 1.82) is 0 Å². The van der Waals surface area contributed by atoms with E-state index in [0.717, 1.165) is 0 Å². The van der Waals surface area contributed by atoms with Crippen molar-refractivity contribution in [2.45, 2.75) is 38.7 Å². The third kappa shape index (κ3) is 4.04. The van der Waals surface area contributed by atoms with Crippen LogP contribution in [0.3, 0.4) is 0 Å². The van der Waals surface area contributed by atoms with Crippen LogP contribution in [-0.4, -0.2) is 33.3 Å². The molecule has 110 valence electrons. The highest BCUT2D eigenvalue weighted by atomic mass is 32.2. The maximum absolute atomic E-state index is 12.2. The minimum absolute atomic E-state index is 0.0453. The molecule has 0 aromatic carbocycles. The summed E-state index contributed by atoms with van der Waals surface area (Å²) in [5.74, 6) is 0.716. The molecule has 0 unspecified atom stereocenters. The van der Waals surface area contributed by atoms with Crippen molar-refractivity contribution in [2.24, 2.45) is 0 Å². The molecule has 7 heteroatoms. The predicted molar refractivity (Wildman–Crippen MR) is 70.4 cm³/mol. The van der Waals surface area contributed by atoms with Crippen LogP contribution < -0.4 is 4.72 Å². The lowest BCUT2D eigenvalue weighted by molar-refractivity contribution is 0.146. The number of hydrogen-bond acceptors (Lipinski definition) is 5. The van der Waals surface area contributed by atoms with Gasteiger partial charge in [0.2, 0.25) is 10.0 Å². The molecule has 0 atom stereocenters. The minimum Gasteiger partial charge on any atom is -0.465 e. The number of sulfonamides is 1. The molecule has 0 saturated heterocycles. The maximum atomic E-state index is 12.2. The fraction of sp³-hybridized carbons (Fsp3) is 0.667. The van der Waals surface area contributed by atoms with Crippen molar-refractivity contribution < 1.29 is 22.7 Å². The smallest absolute Gasteiger partial charge is 0.244 e. The minimum atomic E-state index is -3.66. The summed E-state index contributed by atoms with van der Waals surface area (Å²) in [7, 11) is -3.66. The molecule has 0 aliphatic heterocycles. The summed E-state index contributed by atoms with van der Waals surface area (Å²) >= 11 is 0. The molecule has 0 fully saturated rings. The number of aliphatic hydroxyl groups excluding tert-OH is 1. The summed E-state index contributed by atoms with van der Waals surface area (Å²) in [5, 5.41) is 9.25. The molecular weight excluding hydrogens is 270 g/mol. The summed E-state index contributed by atoms with van der Waals surface area (Å²) in [5.41, 5.74) is 0.315. The van der Waals surface area contributed by atoms with Crippen LogP contribution in [0.4, 0.5) is 0 Å². The second-order valence-corrected chi connectivity index (χ2v) is 5.83. The van der Waals surface area contributed by atoms with E-state index in [2.05, 4.69) is 4.72 Å². The first-order valence-corrected chi connectivity index (χ1v) is 7.69. The molecular formula is C12H21NO5S. The number of nitrogens with one attached hydrogen (secondary N) is 1. The monoisotopic (exact) mass is 291 g/mol. The van der Waals surface area contributed by atoms with Crippen LogP contribution in [0.1, 0.15) is 30.4 Å². The van der Waals surface area contributed by atoms with Gasteiger partial charge in [-0.2, -0.15) is 0 Å². The molecule has 0 bridgehead atoms. The second kappa shape index (κ2) is 7.04. The molecule has 19 heavy (non-hydrogen) atoms. The third-order valence-electron chi connectivity index (χ3n) is 2.71. The van der Waals surface area contributed by atoms with Crippen LogP contribution in [0.5, 0.6) is 0 Å². The zero-order valence-corrected chi connectivity index (χ0v) is 12.3. The Kier molecular flexibility index (Phi) is 5.99. The van der Waals surface area contributed by atoms with E-state index in [0.29, 0.717) is 36.7 Å².